The summed E-state index contributed by atoms with van der Waals surface area (Å²) < 4.78 is 0. The molecular weight excluding hydrogens is 180 g/mol. The molecule has 0 spiro atoms. The first kappa shape index (κ1) is 8.75. The average molecular weight is 192 g/mol. The molecule has 0 saturated heterocycles. The highest BCUT2D eigenvalue weighted by Crippen LogP contribution is 2.21. The lowest BCUT2D eigenvalue weighted by molar-refractivity contribution is 0.865. The van der Waals surface area contributed by atoms with Crippen LogP contribution in [0.15, 0.2) is 23.3 Å². The van der Waals surface area contributed by atoms with E-state index in [4.69, 9.17) is 0 Å². The minimum absolute atomic E-state index is 0.447. The van der Waals surface area contributed by atoms with Crippen LogP contribution >= 0.6 is 11.8 Å². The highest BCUT2D eigenvalue weighted by molar-refractivity contribution is 8.14. The fraction of sp³-hybridized carbons (Fsp3) is 0.400. The van der Waals surface area contributed by atoms with Crippen LogP contribution in [0.25, 0.3) is 0 Å². The summed E-state index contributed by atoms with van der Waals surface area (Å²) in [5, 5.41) is 1.09. The second-order valence-corrected chi connectivity index (χ2v) is 4.32. The van der Waals surface area contributed by atoms with E-state index in [-0.39, 0.29) is 0 Å². The predicted octanol–water partition coefficient (Wildman–Crippen LogP) is 2.27. The third-order valence-electron chi connectivity index (χ3n) is 1.93. The fourth-order valence-electron chi connectivity index (χ4n) is 1.21. The van der Waals surface area contributed by atoms with Gasteiger partial charge in [-0.05, 0) is 25.5 Å². The molecule has 0 aliphatic carbocycles. The molecule has 3 heteroatoms. The highest BCUT2D eigenvalue weighted by atomic mass is 32.2. The summed E-state index contributed by atoms with van der Waals surface area (Å²) in [4.78, 5) is 8.85. The van der Waals surface area contributed by atoms with Crippen LogP contribution in [0.1, 0.15) is 18.2 Å². The first-order valence-corrected chi connectivity index (χ1v) is 5.38. The zero-order valence-electron chi connectivity index (χ0n) is 7.82. The third kappa shape index (κ3) is 1.91. The Bertz CT molecular complexity index is 329. The molecule has 1 aromatic rings. The Morgan fingerprint density at radius 3 is 2.85 bits per heavy atom. The predicted molar refractivity (Wildman–Crippen MR) is 57.4 cm³/mol. The molecule has 1 aliphatic heterocycles. The van der Waals surface area contributed by atoms with Crippen molar-refractivity contribution in [3.05, 3.63) is 29.6 Å². The Hall–Kier alpha value is -0.830. The molecule has 1 atom stereocenters. The molecule has 0 saturated carbocycles. The van der Waals surface area contributed by atoms with E-state index in [1.54, 1.807) is 11.8 Å². The summed E-state index contributed by atoms with van der Waals surface area (Å²) in [7, 11) is 0. The van der Waals surface area contributed by atoms with Crippen LogP contribution < -0.4 is 0 Å². The Kier molecular flexibility index (Phi) is 2.36. The first-order valence-electron chi connectivity index (χ1n) is 4.39. The van der Waals surface area contributed by atoms with Gasteiger partial charge in [0.25, 0.3) is 0 Å². The van der Waals surface area contributed by atoms with E-state index in [1.165, 1.54) is 5.56 Å². The van der Waals surface area contributed by atoms with Gasteiger partial charge in [-0.25, -0.2) is 0 Å². The molecular formula is C10H12N2S. The van der Waals surface area contributed by atoms with Crippen molar-refractivity contribution >= 4 is 16.8 Å². The topological polar surface area (TPSA) is 25.2 Å². The summed E-state index contributed by atoms with van der Waals surface area (Å²) in [6, 6.07) is 4.57. The van der Waals surface area contributed by atoms with Crippen molar-refractivity contribution in [2.45, 2.75) is 19.9 Å². The number of pyridine rings is 1. The number of rotatable bonds is 1. The van der Waals surface area contributed by atoms with Gasteiger partial charge in [0.1, 0.15) is 5.04 Å². The van der Waals surface area contributed by atoms with Gasteiger partial charge in [-0.3, -0.25) is 9.98 Å². The molecule has 1 unspecified atom stereocenters. The molecule has 0 N–H and O–H groups in total. The molecule has 0 fully saturated rings. The normalized spacial score (nSPS) is 21.7. The number of hydrogen-bond acceptors (Lipinski definition) is 3. The molecule has 0 aromatic carbocycles. The Labute approximate surface area is 82.5 Å². The number of aryl methyl sites for hydroxylation is 1. The van der Waals surface area contributed by atoms with Gasteiger partial charge in [-0.2, -0.15) is 0 Å². The second kappa shape index (κ2) is 3.50. The maximum Gasteiger partial charge on any atom is 0.117 e. The molecule has 68 valence electrons. The van der Waals surface area contributed by atoms with Crippen molar-refractivity contribution in [1.29, 1.82) is 0 Å². The molecule has 2 heterocycles. The van der Waals surface area contributed by atoms with Crippen LogP contribution in [0, 0.1) is 6.92 Å². The van der Waals surface area contributed by atoms with Crippen molar-refractivity contribution < 1.29 is 0 Å². The van der Waals surface area contributed by atoms with E-state index in [0.29, 0.717) is 6.04 Å². The van der Waals surface area contributed by atoms with Crippen LogP contribution in [0.5, 0.6) is 0 Å². The molecule has 1 aliphatic rings. The van der Waals surface area contributed by atoms with E-state index in [9.17, 15) is 0 Å². The zero-order chi connectivity index (χ0) is 9.26. The SMILES string of the molecule is Cc1ccc(C2=NC(C)CS2)nc1. The van der Waals surface area contributed by atoms with E-state index >= 15 is 0 Å². The highest BCUT2D eigenvalue weighted by Gasteiger charge is 2.15. The van der Waals surface area contributed by atoms with Crippen LogP contribution in [0.3, 0.4) is 0 Å². The number of aromatic nitrogens is 1. The molecule has 2 nitrogen and oxygen atoms in total. The summed E-state index contributed by atoms with van der Waals surface area (Å²) in [5.41, 5.74) is 2.21. The van der Waals surface area contributed by atoms with Crippen molar-refractivity contribution in [1.82, 2.24) is 4.98 Å². The largest absolute Gasteiger partial charge is 0.272 e. The molecule has 0 radical (unpaired) electrons. The lowest BCUT2D eigenvalue weighted by Crippen LogP contribution is -1.96. The monoisotopic (exact) mass is 192 g/mol. The van der Waals surface area contributed by atoms with Crippen LogP contribution in [-0.4, -0.2) is 21.8 Å². The van der Waals surface area contributed by atoms with E-state index in [1.807, 2.05) is 19.2 Å². The Morgan fingerprint density at radius 1 is 1.46 bits per heavy atom. The first-order chi connectivity index (χ1) is 6.25. The quantitative estimate of drug-likeness (QED) is 0.682. The Morgan fingerprint density at radius 2 is 2.31 bits per heavy atom. The number of hydrogen-bond donors (Lipinski definition) is 0. The van der Waals surface area contributed by atoms with Gasteiger partial charge in [-0.15, -0.1) is 11.8 Å². The van der Waals surface area contributed by atoms with Gasteiger partial charge < -0.3 is 0 Å². The summed E-state index contributed by atoms with van der Waals surface area (Å²) >= 11 is 1.80. The van der Waals surface area contributed by atoms with E-state index in [0.717, 1.165) is 16.5 Å². The van der Waals surface area contributed by atoms with Gasteiger partial charge >= 0.3 is 0 Å². The van der Waals surface area contributed by atoms with Gasteiger partial charge in [0.2, 0.25) is 0 Å². The molecule has 0 amide bonds. The van der Waals surface area contributed by atoms with E-state index < -0.39 is 0 Å². The van der Waals surface area contributed by atoms with Crippen molar-refractivity contribution in [2.24, 2.45) is 4.99 Å². The fourth-order valence-corrected chi connectivity index (χ4v) is 2.21. The van der Waals surface area contributed by atoms with Gasteiger partial charge in [0.15, 0.2) is 0 Å². The molecule has 1 aromatic heterocycles. The number of aliphatic imine (C=N–C) groups is 1. The van der Waals surface area contributed by atoms with Crippen LogP contribution in [0.2, 0.25) is 0 Å². The zero-order valence-corrected chi connectivity index (χ0v) is 8.64. The lowest BCUT2D eigenvalue weighted by atomic mass is 10.3. The van der Waals surface area contributed by atoms with Crippen LogP contribution in [-0.2, 0) is 0 Å². The minimum Gasteiger partial charge on any atom is -0.272 e. The maximum atomic E-state index is 4.51. The molecule has 0 bridgehead atoms. The second-order valence-electron chi connectivity index (χ2n) is 3.32. The van der Waals surface area contributed by atoms with Crippen molar-refractivity contribution in [3.8, 4) is 0 Å². The van der Waals surface area contributed by atoms with Crippen LogP contribution in [0.4, 0.5) is 0 Å². The third-order valence-corrected chi connectivity index (χ3v) is 3.17. The Balaban J connectivity index is 2.26. The smallest absolute Gasteiger partial charge is 0.117 e. The number of thioether (sulfide) groups is 1. The molecule has 2 rings (SSSR count). The van der Waals surface area contributed by atoms with Crippen molar-refractivity contribution in [2.75, 3.05) is 5.75 Å². The maximum absolute atomic E-state index is 4.51. The van der Waals surface area contributed by atoms with E-state index in [2.05, 4.69) is 23.0 Å². The van der Waals surface area contributed by atoms with Gasteiger partial charge in [-0.1, -0.05) is 6.07 Å². The van der Waals surface area contributed by atoms with Gasteiger partial charge in [0, 0.05) is 11.9 Å². The summed E-state index contributed by atoms with van der Waals surface area (Å²) in [5.74, 6) is 1.09. The lowest BCUT2D eigenvalue weighted by Gasteiger charge is -1.98. The van der Waals surface area contributed by atoms with Crippen molar-refractivity contribution in [3.63, 3.8) is 0 Å². The minimum atomic E-state index is 0.447. The number of nitrogens with zero attached hydrogens (tertiary/aromatic N) is 2. The summed E-state index contributed by atoms with van der Waals surface area (Å²) in [6.45, 7) is 4.18. The summed E-state index contributed by atoms with van der Waals surface area (Å²) in [6.07, 6.45) is 1.89. The standard InChI is InChI=1S/C10H12N2S/c1-7-3-4-9(11-5-7)10-12-8(2)6-13-10/h3-5,8H,6H2,1-2H3. The van der Waals surface area contributed by atoms with Gasteiger partial charge in [0.05, 0.1) is 11.7 Å². The molecule has 13 heavy (non-hydrogen) atoms. The average Bonchev–Trinajstić information content (AvgIpc) is 2.53.